The van der Waals surface area contributed by atoms with Crippen LogP contribution in [-0.2, 0) is 10.2 Å². The van der Waals surface area contributed by atoms with Crippen molar-refractivity contribution in [3.8, 4) is 28.4 Å². The molecule has 7 heteroatoms. The van der Waals surface area contributed by atoms with E-state index in [2.05, 4.69) is 4.99 Å². The quantitative estimate of drug-likeness (QED) is 0.698. The standard InChI is InChI=1S/C23H26N2O4S/c1-23(2,3)16-10-13(7-8-17(16)26)14-9-15(20(27)18(11-14)29-6)12-19-21(28)24-22(30-19)25(4)5/h7-12,26-27H,1-6H3/b19-12+. The smallest absolute Gasteiger partial charge is 0.286 e. The number of aromatic hydroxyl groups is 2. The predicted molar refractivity (Wildman–Crippen MR) is 122 cm³/mol. The molecule has 1 amide bonds. The van der Waals surface area contributed by atoms with Gasteiger partial charge in [-0.15, -0.1) is 0 Å². The van der Waals surface area contributed by atoms with E-state index in [0.29, 0.717) is 21.4 Å². The average molecular weight is 427 g/mol. The summed E-state index contributed by atoms with van der Waals surface area (Å²) < 4.78 is 5.36. The molecule has 0 saturated heterocycles. The normalized spacial score (nSPS) is 15.5. The van der Waals surface area contributed by atoms with Crippen molar-refractivity contribution in [1.29, 1.82) is 0 Å². The number of amidine groups is 1. The number of carbonyl (C=O) groups is 1. The van der Waals surface area contributed by atoms with Gasteiger partial charge in [0.1, 0.15) is 5.75 Å². The number of ether oxygens (including phenoxy) is 1. The Balaban J connectivity index is 2.10. The van der Waals surface area contributed by atoms with Crippen LogP contribution in [-0.4, -0.2) is 47.4 Å². The molecule has 0 radical (unpaired) electrons. The van der Waals surface area contributed by atoms with Crippen LogP contribution < -0.4 is 4.74 Å². The fraction of sp³-hybridized carbons (Fsp3) is 0.304. The van der Waals surface area contributed by atoms with Gasteiger partial charge < -0.3 is 19.8 Å². The lowest BCUT2D eigenvalue weighted by Gasteiger charge is -2.21. The zero-order valence-corrected chi connectivity index (χ0v) is 18.8. The summed E-state index contributed by atoms with van der Waals surface area (Å²) in [5.74, 6) is 0.150. The minimum Gasteiger partial charge on any atom is -0.508 e. The molecular weight excluding hydrogens is 400 g/mol. The van der Waals surface area contributed by atoms with Gasteiger partial charge in [0.05, 0.1) is 12.0 Å². The largest absolute Gasteiger partial charge is 0.508 e. The van der Waals surface area contributed by atoms with Gasteiger partial charge in [-0.25, -0.2) is 0 Å². The Morgan fingerprint density at radius 1 is 1.10 bits per heavy atom. The minimum absolute atomic E-state index is 0.0460. The number of hydrogen-bond acceptors (Lipinski definition) is 6. The number of thioether (sulfide) groups is 1. The molecule has 0 saturated carbocycles. The SMILES string of the molecule is COc1cc(-c2ccc(O)c(C(C)(C)C)c2)cc(/C=C2/SC(N(C)C)=NC2=O)c1O. The number of phenols is 2. The van der Waals surface area contributed by atoms with Crippen LogP contribution in [0, 0.1) is 0 Å². The molecule has 6 nitrogen and oxygen atoms in total. The van der Waals surface area contributed by atoms with Crippen LogP contribution >= 0.6 is 11.8 Å². The van der Waals surface area contributed by atoms with Gasteiger partial charge in [0.25, 0.3) is 5.91 Å². The molecule has 3 rings (SSSR count). The third kappa shape index (κ3) is 4.31. The van der Waals surface area contributed by atoms with Crippen molar-refractivity contribution in [1.82, 2.24) is 4.90 Å². The second kappa shape index (κ2) is 8.07. The summed E-state index contributed by atoms with van der Waals surface area (Å²) >= 11 is 1.26. The minimum atomic E-state index is -0.341. The van der Waals surface area contributed by atoms with Crippen LogP contribution in [0.3, 0.4) is 0 Å². The molecule has 0 aliphatic carbocycles. The fourth-order valence-corrected chi connectivity index (χ4v) is 3.94. The lowest BCUT2D eigenvalue weighted by atomic mass is 9.84. The van der Waals surface area contributed by atoms with E-state index in [4.69, 9.17) is 4.74 Å². The summed E-state index contributed by atoms with van der Waals surface area (Å²) in [5, 5.41) is 21.5. The molecule has 2 N–H and O–H groups in total. The van der Waals surface area contributed by atoms with Crippen molar-refractivity contribution < 1.29 is 19.7 Å². The van der Waals surface area contributed by atoms with Crippen LogP contribution in [0.1, 0.15) is 31.9 Å². The van der Waals surface area contributed by atoms with Crippen LogP contribution in [0.5, 0.6) is 17.2 Å². The van der Waals surface area contributed by atoms with Crippen LogP contribution in [0.2, 0.25) is 0 Å². The second-order valence-electron chi connectivity index (χ2n) is 8.30. The van der Waals surface area contributed by atoms with Crippen molar-refractivity contribution in [2.45, 2.75) is 26.2 Å². The molecule has 1 heterocycles. The summed E-state index contributed by atoms with van der Waals surface area (Å²) in [6.45, 7) is 6.10. The van der Waals surface area contributed by atoms with Crippen molar-refractivity contribution >= 4 is 28.9 Å². The number of rotatable bonds is 3. The van der Waals surface area contributed by atoms with Crippen LogP contribution in [0.4, 0.5) is 0 Å². The molecule has 2 aromatic carbocycles. The Labute approximate surface area is 180 Å². The maximum Gasteiger partial charge on any atom is 0.286 e. The van der Waals surface area contributed by atoms with Gasteiger partial charge in [-0.2, -0.15) is 4.99 Å². The average Bonchev–Trinajstić information content (AvgIpc) is 3.03. The number of methoxy groups -OCH3 is 1. The number of carbonyl (C=O) groups excluding carboxylic acids is 1. The third-order valence-electron chi connectivity index (χ3n) is 4.74. The Hall–Kier alpha value is -2.93. The molecule has 30 heavy (non-hydrogen) atoms. The molecule has 2 aromatic rings. The zero-order chi connectivity index (χ0) is 22.2. The lowest BCUT2D eigenvalue weighted by molar-refractivity contribution is -0.113. The monoisotopic (exact) mass is 426 g/mol. The summed E-state index contributed by atoms with van der Waals surface area (Å²) in [7, 11) is 5.12. The summed E-state index contributed by atoms with van der Waals surface area (Å²) in [6, 6.07) is 8.95. The van der Waals surface area contributed by atoms with E-state index in [1.165, 1.54) is 18.9 Å². The molecule has 0 aromatic heterocycles. The van der Waals surface area contributed by atoms with Gasteiger partial charge in [0, 0.05) is 19.7 Å². The second-order valence-corrected chi connectivity index (χ2v) is 9.31. The maximum absolute atomic E-state index is 12.3. The fourth-order valence-electron chi connectivity index (χ4n) is 3.11. The summed E-state index contributed by atoms with van der Waals surface area (Å²) in [5.41, 5.74) is 2.70. The highest BCUT2D eigenvalue weighted by Gasteiger charge is 2.24. The highest BCUT2D eigenvalue weighted by molar-refractivity contribution is 8.18. The van der Waals surface area contributed by atoms with E-state index in [1.54, 1.807) is 29.2 Å². The van der Waals surface area contributed by atoms with Crippen molar-refractivity contribution in [2.24, 2.45) is 4.99 Å². The number of benzene rings is 2. The number of aliphatic imine (C=N–C) groups is 1. The summed E-state index contributed by atoms with van der Waals surface area (Å²) in [6.07, 6.45) is 1.62. The lowest BCUT2D eigenvalue weighted by Crippen LogP contribution is -2.16. The van der Waals surface area contributed by atoms with E-state index in [9.17, 15) is 15.0 Å². The van der Waals surface area contributed by atoms with E-state index < -0.39 is 0 Å². The van der Waals surface area contributed by atoms with Crippen LogP contribution in [0.25, 0.3) is 17.2 Å². The number of phenolic OH excluding ortho intramolecular Hbond substituents is 2. The molecule has 158 valence electrons. The molecule has 1 aliphatic rings. The molecule has 0 bridgehead atoms. The van der Waals surface area contributed by atoms with E-state index in [0.717, 1.165) is 16.7 Å². The van der Waals surface area contributed by atoms with Gasteiger partial charge in [-0.1, -0.05) is 26.8 Å². The summed E-state index contributed by atoms with van der Waals surface area (Å²) in [4.78, 5) is 18.5. The first-order valence-electron chi connectivity index (χ1n) is 9.46. The van der Waals surface area contributed by atoms with Gasteiger partial charge in [0.2, 0.25) is 0 Å². The molecule has 1 aliphatic heterocycles. The highest BCUT2D eigenvalue weighted by atomic mass is 32.2. The predicted octanol–water partition coefficient (Wildman–Crippen LogP) is 4.60. The Kier molecular flexibility index (Phi) is 5.85. The zero-order valence-electron chi connectivity index (χ0n) is 18.0. The topological polar surface area (TPSA) is 82.4 Å². The van der Waals surface area contributed by atoms with Gasteiger partial charge in [0.15, 0.2) is 16.7 Å². The molecule has 0 atom stereocenters. The molecule has 0 spiro atoms. The first kappa shape index (κ1) is 21.8. The van der Waals surface area contributed by atoms with E-state index >= 15 is 0 Å². The highest BCUT2D eigenvalue weighted by Crippen LogP contribution is 2.40. The van der Waals surface area contributed by atoms with Crippen LogP contribution in [0.15, 0.2) is 40.2 Å². The molecule has 0 fully saturated rings. The third-order valence-corrected chi connectivity index (χ3v) is 5.89. The van der Waals surface area contributed by atoms with Gasteiger partial charge in [-0.05, 0) is 64.2 Å². The van der Waals surface area contributed by atoms with Crippen molar-refractivity contribution in [3.05, 3.63) is 46.4 Å². The maximum atomic E-state index is 12.3. The van der Waals surface area contributed by atoms with Crippen molar-refractivity contribution in [3.63, 3.8) is 0 Å². The number of amides is 1. The molecular formula is C23H26N2O4S. The molecule has 0 unspecified atom stereocenters. The van der Waals surface area contributed by atoms with Crippen molar-refractivity contribution in [2.75, 3.05) is 21.2 Å². The Morgan fingerprint density at radius 2 is 1.80 bits per heavy atom. The Morgan fingerprint density at radius 3 is 2.37 bits per heavy atom. The van der Waals surface area contributed by atoms with Gasteiger partial charge >= 0.3 is 0 Å². The Bertz CT molecular complexity index is 1070. The number of nitrogens with zero attached hydrogens (tertiary/aromatic N) is 2. The first-order valence-corrected chi connectivity index (χ1v) is 10.3. The van der Waals surface area contributed by atoms with E-state index in [1.807, 2.05) is 47.0 Å². The number of hydrogen-bond donors (Lipinski definition) is 2. The van der Waals surface area contributed by atoms with E-state index in [-0.39, 0.29) is 22.8 Å². The van der Waals surface area contributed by atoms with Gasteiger partial charge in [-0.3, -0.25) is 4.79 Å². The first-order chi connectivity index (χ1) is 14.0.